The fraction of sp³-hybridized carbons (Fsp3) is 0.571. The Morgan fingerprint density at radius 3 is 2.78 bits per heavy atom. The van der Waals surface area contributed by atoms with E-state index >= 15 is 0 Å². The summed E-state index contributed by atoms with van der Waals surface area (Å²) in [6, 6.07) is 5.89. The van der Waals surface area contributed by atoms with Crippen molar-refractivity contribution in [3.63, 3.8) is 0 Å². The highest BCUT2D eigenvalue weighted by molar-refractivity contribution is 5.42. The van der Waals surface area contributed by atoms with Gasteiger partial charge in [-0.1, -0.05) is 45.1 Å². The van der Waals surface area contributed by atoms with E-state index < -0.39 is 0 Å². The van der Waals surface area contributed by atoms with Crippen molar-refractivity contribution >= 4 is 11.6 Å². The maximum Gasteiger partial charge on any atom is 0.243 e. The van der Waals surface area contributed by atoms with Crippen LogP contribution in [0.5, 0.6) is 0 Å². The summed E-state index contributed by atoms with van der Waals surface area (Å²) < 4.78 is 1.80. The van der Waals surface area contributed by atoms with Gasteiger partial charge in [0.15, 0.2) is 5.65 Å². The first-order chi connectivity index (χ1) is 8.90. The van der Waals surface area contributed by atoms with Crippen molar-refractivity contribution in [3.05, 3.63) is 24.4 Å². The van der Waals surface area contributed by atoms with E-state index in [1.54, 1.807) is 4.52 Å². The number of aromatic nitrogens is 3. The van der Waals surface area contributed by atoms with Crippen molar-refractivity contribution in [1.29, 1.82) is 0 Å². The zero-order chi connectivity index (χ0) is 12.6. The van der Waals surface area contributed by atoms with Crippen molar-refractivity contribution < 1.29 is 0 Å². The SMILES string of the molecule is CCCCCCCCNc1nc2ccccn2n1. The maximum atomic E-state index is 4.40. The number of rotatable bonds is 8. The summed E-state index contributed by atoms with van der Waals surface area (Å²) in [6.45, 7) is 3.21. The molecule has 0 amide bonds. The normalized spacial score (nSPS) is 10.9. The molecule has 0 aromatic carbocycles. The van der Waals surface area contributed by atoms with Crippen molar-refractivity contribution in [3.8, 4) is 0 Å². The minimum Gasteiger partial charge on any atom is -0.353 e. The molecule has 1 N–H and O–H groups in total. The topological polar surface area (TPSA) is 42.2 Å². The third-order valence-corrected chi connectivity index (χ3v) is 3.05. The highest BCUT2D eigenvalue weighted by atomic mass is 15.3. The summed E-state index contributed by atoms with van der Waals surface area (Å²) in [5.41, 5.74) is 0.892. The number of anilines is 1. The Bertz CT molecular complexity index is 431. The van der Waals surface area contributed by atoms with Gasteiger partial charge in [0, 0.05) is 12.7 Å². The van der Waals surface area contributed by atoms with Crippen LogP contribution in [-0.4, -0.2) is 21.1 Å². The zero-order valence-electron chi connectivity index (χ0n) is 11.1. The molecule has 2 rings (SSSR count). The van der Waals surface area contributed by atoms with Crippen molar-refractivity contribution in [2.45, 2.75) is 45.4 Å². The first-order valence-electron chi connectivity index (χ1n) is 6.95. The van der Waals surface area contributed by atoms with Crippen molar-refractivity contribution in [2.24, 2.45) is 0 Å². The summed E-state index contributed by atoms with van der Waals surface area (Å²) in [5, 5.41) is 7.64. The van der Waals surface area contributed by atoms with Crippen LogP contribution in [0.1, 0.15) is 45.4 Å². The van der Waals surface area contributed by atoms with Gasteiger partial charge in [-0.2, -0.15) is 4.98 Å². The van der Waals surface area contributed by atoms with Gasteiger partial charge in [0.2, 0.25) is 5.95 Å². The monoisotopic (exact) mass is 246 g/mol. The number of pyridine rings is 1. The van der Waals surface area contributed by atoms with Crippen LogP contribution >= 0.6 is 0 Å². The van der Waals surface area contributed by atoms with Gasteiger partial charge in [0.1, 0.15) is 0 Å². The quantitative estimate of drug-likeness (QED) is 0.725. The predicted octanol–water partition coefficient (Wildman–Crippen LogP) is 3.50. The second-order valence-electron chi connectivity index (χ2n) is 4.63. The van der Waals surface area contributed by atoms with Crippen LogP contribution < -0.4 is 5.32 Å². The standard InChI is InChI=1S/C14H22N4/c1-2-3-4-5-6-8-11-15-14-16-13-10-7-9-12-18(13)17-14/h7,9-10,12H,2-6,8,11H2,1H3,(H,15,17). The van der Waals surface area contributed by atoms with Crippen molar-refractivity contribution in [2.75, 3.05) is 11.9 Å². The Kier molecular flexibility index (Phi) is 5.00. The van der Waals surface area contributed by atoms with Crippen LogP contribution in [0.25, 0.3) is 5.65 Å². The molecule has 0 spiro atoms. The molecule has 4 heteroatoms. The second kappa shape index (κ2) is 6.99. The van der Waals surface area contributed by atoms with E-state index in [0.29, 0.717) is 0 Å². The molecule has 0 saturated heterocycles. The van der Waals surface area contributed by atoms with E-state index in [1.165, 1.54) is 38.5 Å². The second-order valence-corrected chi connectivity index (χ2v) is 4.63. The van der Waals surface area contributed by atoms with Gasteiger partial charge in [0.05, 0.1) is 0 Å². The van der Waals surface area contributed by atoms with Gasteiger partial charge in [-0.3, -0.25) is 0 Å². The minimum atomic E-state index is 0.731. The van der Waals surface area contributed by atoms with Gasteiger partial charge in [-0.25, -0.2) is 4.52 Å². The molecular weight excluding hydrogens is 224 g/mol. The molecule has 2 aromatic rings. The molecule has 0 aliphatic rings. The van der Waals surface area contributed by atoms with E-state index in [9.17, 15) is 0 Å². The molecule has 0 radical (unpaired) electrons. The van der Waals surface area contributed by atoms with Gasteiger partial charge < -0.3 is 5.32 Å². The summed E-state index contributed by atoms with van der Waals surface area (Å²) in [5.74, 6) is 0.731. The molecule has 0 aliphatic heterocycles. The smallest absolute Gasteiger partial charge is 0.243 e. The Labute approximate surface area is 108 Å². The van der Waals surface area contributed by atoms with E-state index in [2.05, 4.69) is 22.3 Å². The third-order valence-electron chi connectivity index (χ3n) is 3.05. The summed E-state index contributed by atoms with van der Waals surface area (Å²) in [4.78, 5) is 4.40. The summed E-state index contributed by atoms with van der Waals surface area (Å²) in [7, 11) is 0. The van der Waals surface area contributed by atoms with Crippen LogP contribution in [-0.2, 0) is 0 Å². The maximum absolute atomic E-state index is 4.40. The minimum absolute atomic E-state index is 0.731. The third kappa shape index (κ3) is 3.72. The molecular formula is C14H22N4. The number of unbranched alkanes of at least 4 members (excludes halogenated alkanes) is 5. The molecule has 0 bridgehead atoms. The fourth-order valence-corrected chi connectivity index (χ4v) is 2.01. The fourth-order valence-electron chi connectivity index (χ4n) is 2.01. The Morgan fingerprint density at radius 2 is 1.94 bits per heavy atom. The van der Waals surface area contributed by atoms with Gasteiger partial charge in [0.25, 0.3) is 0 Å². The van der Waals surface area contributed by atoms with Crippen LogP contribution in [0, 0.1) is 0 Å². The first-order valence-corrected chi connectivity index (χ1v) is 6.95. The van der Waals surface area contributed by atoms with Crippen LogP contribution in [0.15, 0.2) is 24.4 Å². The van der Waals surface area contributed by atoms with Gasteiger partial charge >= 0.3 is 0 Å². The number of hydrogen-bond donors (Lipinski definition) is 1. The average molecular weight is 246 g/mol. The highest BCUT2D eigenvalue weighted by Gasteiger charge is 2.00. The van der Waals surface area contributed by atoms with Crippen molar-refractivity contribution in [1.82, 2.24) is 14.6 Å². The van der Waals surface area contributed by atoms with E-state index in [1.807, 2.05) is 24.4 Å². The molecule has 0 atom stereocenters. The molecule has 2 aromatic heterocycles. The summed E-state index contributed by atoms with van der Waals surface area (Å²) in [6.07, 6.45) is 9.78. The molecule has 4 nitrogen and oxygen atoms in total. The Morgan fingerprint density at radius 1 is 1.11 bits per heavy atom. The lowest BCUT2D eigenvalue weighted by molar-refractivity contribution is 0.616. The lowest BCUT2D eigenvalue weighted by Crippen LogP contribution is -2.03. The lowest BCUT2D eigenvalue weighted by atomic mass is 10.1. The van der Waals surface area contributed by atoms with E-state index in [4.69, 9.17) is 0 Å². The largest absolute Gasteiger partial charge is 0.353 e. The first kappa shape index (κ1) is 12.9. The number of nitrogens with one attached hydrogen (secondary N) is 1. The molecule has 0 saturated carbocycles. The Balaban J connectivity index is 1.67. The zero-order valence-corrected chi connectivity index (χ0v) is 11.1. The van der Waals surface area contributed by atoms with Crippen LogP contribution in [0.2, 0.25) is 0 Å². The Hall–Kier alpha value is -1.58. The summed E-state index contributed by atoms with van der Waals surface area (Å²) >= 11 is 0. The van der Waals surface area contributed by atoms with Crippen LogP contribution in [0.4, 0.5) is 5.95 Å². The molecule has 0 aliphatic carbocycles. The number of fused-ring (bicyclic) bond motifs is 1. The van der Waals surface area contributed by atoms with Gasteiger partial charge in [-0.05, 0) is 18.6 Å². The number of nitrogens with zero attached hydrogens (tertiary/aromatic N) is 3. The van der Waals surface area contributed by atoms with E-state index in [-0.39, 0.29) is 0 Å². The molecule has 18 heavy (non-hydrogen) atoms. The lowest BCUT2D eigenvalue weighted by Gasteiger charge is -2.01. The highest BCUT2D eigenvalue weighted by Crippen LogP contribution is 2.07. The molecule has 98 valence electrons. The molecule has 2 heterocycles. The van der Waals surface area contributed by atoms with E-state index in [0.717, 1.165) is 18.1 Å². The molecule has 0 fully saturated rings. The molecule has 0 unspecified atom stereocenters. The van der Waals surface area contributed by atoms with Gasteiger partial charge in [-0.15, -0.1) is 5.10 Å². The average Bonchev–Trinajstić information content (AvgIpc) is 2.80. The number of hydrogen-bond acceptors (Lipinski definition) is 3. The van der Waals surface area contributed by atoms with Crippen LogP contribution in [0.3, 0.4) is 0 Å². The predicted molar refractivity (Wildman–Crippen MR) is 74.9 cm³/mol.